The number of furan rings is 1. The van der Waals surface area contributed by atoms with Crippen LogP contribution in [0.1, 0.15) is 22.9 Å². The molecule has 5 nitrogen and oxygen atoms in total. The van der Waals surface area contributed by atoms with Crippen molar-refractivity contribution in [3.8, 4) is 0 Å². The van der Waals surface area contributed by atoms with E-state index in [1.807, 2.05) is 31.2 Å². The lowest BCUT2D eigenvalue weighted by Gasteiger charge is -2.06. The first-order valence-corrected chi connectivity index (χ1v) is 8.35. The molecule has 6 heteroatoms. The molecule has 4 aromatic rings. The van der Waals surface area contributed by atoms with Crippen LogP contribution in [0.5, 0.6) is 0 Å². The molecule has 0 aliphatic carbocycles. The summed E-state index contributed by atoms with van der Waals surface area (Å²) < 4.78 is 7.60. The third-order valence-electron chi connectivity index (χ3n) is 4.01. The van der Waals surface area contributed by atoms with Crippen molar-refractivity contribution in [2.45, 2.75) is 13.3 Å². The van der Waals surface area contributed by atoms with Gasteiger partial charge < -0.3 is 4.42 Å². The van der Waals surface area contributed by atoms with Crippen molar-refractivity contribution in [2.24, 2.45) is 5.10 Å². The van der Waals surface area contributed by atoms with Crippen molar-refractivity contribution < 1.29 is 4.42 Å². The van der Waals surface area contributed by atoms with Crippen molar-refractivity contribution in [2.75, 3.05) is 0 Å². The van der Waals surface area contributed by atoms with Crippen molar-refractivity contribution in [1.82, 2.24) is 14.9 Å². The molecule has 4 rings (SSSR count). The van der Waals surface area contributed by atoms with Crippen LogP contribution >= 0.6 is 12.2 Å². The molecule has 0 unspecified atom stereocenters. The fourth-order valence-corrected chi connectivity index (χ4v) is 3.01. The van der Waals surface area contributed by atoms with E-state index in [2.05, 4.69) is 45.6 Å². The zero-order valence-electron chi connectivity index (χ0n) is 13.6. The number of nitrogens with one attached hydrogen (secondary N) is 1. The van der Waals surface area contributed by atoms with Crippen molar-refractivity contribution in [3.63, 3.8) is 0 Å². The summed E-state index contributed by atoms with van der Waals surface area (Å²) in [5, 5.41) is 14.0. The topological polar surface area (TPSA) is 59.1 Å². The van der Waals surface area contributed by atoms with Gasteiger partial charge in [0.05, 0.1) is 6.21 Å². The normalized spacial score (nSPS) is 11.6. The van der Waals surface area contributed by atoms with E-state index in [1.165, 1.54) is 16.3 Å². The molecule has 0 saturated carbocycles. The van der Waals surface area contributed by atoms with E-state index in [1.54, 1.807) is 10.9 Å². The Hall–Kier alpha value is -2.99. The van der Waals surface area contributed by atoms with E-state index in [4.69, 9.17) is 16.6 Å². The van der Waals surface area contributed by atoms with Gasteiger partial charge in [0.25, 0.3) is 0 Å². The third kappa shape index (κ3) is 3.16. The summed E-state index contributed by atoms with van der Waals surface area (Å²) in [5.41, 5.74) is 1.18. The quantitative estimate of drug-likeness (QED) is 0.437. The Balaban J connectivity index is 1.70. The highest BCUT2D eigenvalue weighted by atomic mass is 32.1. The Morgan fingerprint density at radius 3 is 2.84 bits per heavy atom. The van der Waals surface area contributed by atoms with Crippen molar-refractivity contribution in [1.29, 1.82) is 0 Å². The van der Waals surface area contributed by atoms with Gasteiger partial charge in [0.15, 0.2) is 5.82 Å². The number of fused-ring (bicyclic) bond motifs is 1. The molecule has 0 aliphatic rings. The number of H-pyrrole nitrogens is 1. The second kappa shape index (κ2) is 6.49. The zero-order valence-corrected chi connectivity index (χ0v) is 14.5. The molecule has 0 saturated heterocycles. The SMILES string of the molecule is Cc1ccc(/C=N\n2c(Cc3cccc4ccccc34)n[nH]c2=S)o1. The Morgan fingerprint density at radius 1 is 1.16 bits per heavy atom. The first kappa shape index (κ1) is 15.5. The number of aryl methyl sites for hydroxylation is 1. The fourth-order valence-electron chi connectivity index (χ4n) is 2.81. The molecule has 25 heavy (non-hydrogen) atoms. The van der Waals surface area contributed by atoms with Crippen LogP contribution in [0.3, 0.4) is 0 Å². The number of hydrogen-bond acceptors (Lipinski definition) is 4. The summed E-state index contributed by atoms with van der Waals surface area (Å²) in [5.74, 6) is 2.27. The van der Waals surface area contributed by atoms with Gasteiger partial charge in [0.1, 0.15) is 11.5 Å². The number of nitrogens with zero attached hydrogens (tertiary/aromatic N) is 3. The molecular weight excluding hydrogens is 332 g/mol. The Kier molecular flexibility index (Phi) is 4.03. The maximum atomic E-state index is 5.51. The summed E-state index contributed by atoms with van der Waals surface area (Å²) in [7, 11) is 0. The second-order valence-corrected chi connectivity index (χ2v) is 6.15. The second-order valence-electron chi connectivity index (χ2n) is 5.76. The minimum absolute atomic E-state index is 0.453. The standard InChI is InChI=1S/C19H16N4OS/c1-13-9-10-16(24-13)12-20-23-18(21-22-19(23)25)11-15-7-4-6-14-5-2-3-8-17(14)15/h2-10,12H,11H2,1H3,(H,22,25)/b20-12-. The van der Waals surface area contributed by atoms with Crippen LogP contribution in [-0.2, 0) is 6.42 Å². The van der Waals surface area contributed by atoms with Crippen molar-refractivity contribution in [3.05, 3.63) is 82.3 Å². The van der Waals surface area contributed by atoms with Gasteiger partial charge >= 0.3 is 0 Å². The van der Waals surface area contributed by atoms with E-state index in [0.717, 1.165) is 11.6 Å². The van der Waals surface area contributed by atoms with Gasteiger partial charge in [-0.1, -0.05) is 42.5 Å². The van der Waals surface area contributed by atoms with E-state index >= 15 is 0 Å². The first-order valence-electron chi connectivity index (χ1n) is 7.94. The van der Waals surface area contributed by atoms with E-state index in [-0.39, 0.29) is 0 Å². The highest BCUT2D eigenvalue weighted by molar-refractivity contribution is 7.71. The van der Waals surface area contributed by atoms with E-state index in [9.17, 15) is 0 Å². The molecule has 2 aromatic carbocycles. The molecule has 0 aliphatic heterocycles. The number of benzene rings is 2. The molecule has 0 fully saturated rings. The smallest absolute Gasteiger partial charge is 0.216 e. The van der Waals surface area contributed by atoms with Crippen LogP contribution in [-0.4, -0.2) is 21.1 Å². The van der Waals surface area contributed by atoms with Crippen LogP contribution in [0.25, 0.3) is 10.8 Å². The Bertz CT molecular complexity index is 1110. The van der Waals surface area contributed by atoms with Crippen molar-refractivity contribution >= 4 is 29.2 Å². The molecular formula is C19H16N4OS. The molecule has 0 radical (unpaired) electrons. The summed E-state index contributed by atoms with van der Waals surface area (Å²) in [6.07, 6.45) is 2.27. The molecule has 0 spiro atoms. The maximum Gasteiger partial charge on any atom is 0.216 e. The molecule has 0 amide bonds. The number of aromatic nitrogens is 3. The first-order chi connectivity index (χ1) is 12.2. The fraction of sp³-hybridized carbons (Fsp3) is 0.105. The maximum absolute atomic E-state index is 5.51. The van der Waals surface area contributed by atoms with Gasteiger partial charge in [-0.3, -0.25) is 5.10 Å². The van der Waals surface area contributed by atoms with Gasteiger partial charge in [-0.15, -0.1) is 0 Å². The van der Waals surface area contributed by atoms with Gasteiger partial charge in [0.2, 0.25) is 4.77 Å². The largest absolute Gasteiger partial charge is 0.460 e. The lowest BCUT2D eigenvalue weighted by molar-refractivity contribution is 0.527. The average Bonchev–Trinajstić information content (AvgIpc) is 3.19. The molecule has 2 heterocycles. The van der Waals surface area contributed by atoms with Gasteiger partial charge in [-0.05, 0) is 47.6 Å². The zero-order chi connectivity index (χ0) is 17.2. The highest BCUT2D eigenvalue weighted by Gasteiger charge is 2.09. The molecule has 124 valence electrons. The lowest BCUT2D eigenvalue weighted by atomic mass is 10.0. The lowest BCUT2D eigenvalue weighted by Crippen LogP contribution is -2.01. The van der Waals surface area contributed by atoms with Gasteiger partial charge in [-0.25, -0.2) is 0 Å². The van der Waals surface area contributed by atoms with Crippen LogP contribution in [0.4, 0.5) is 0 Å². The summed E-state index contributed by atoms with van der Waals surface area (Å²) in [6, 6.07) is 18.3. The third-order valence-corrected chi connectivity index (χ3v) is 4.27. The van der Waals surface area contributed by atoms with Gasteiger partial charge in [0, 0.05) is 6.42 Å². The number of aromatic amines is 1. The summed E-state index contributed by atoms with van der Waals surface area (Å²) >= 11 is 5.31. The predicted molar refractivity (Wildman–Crippen MR) is 101 cm³/mol. The van der Waals surface area contributed by atoms with E-state index < -0.39 is 0 Å². The minimum atomic E-state index is 0.453. The summed E-state index contributed by atoms with van der Waals surface area (Å²) in [4.78, 5) is 0. The highest BCUT2D eigenvalue weighted by Crippen LogP contribution is 2.20. The van der Waals surface area contributed by atoms with Crippen LogP contribution in [0, 0.1) is 11.7 Å². The van der Waals surface area contributed by atoms with Crippen LogP contribution < -0.4 is 0 Å². The molecule has 2 aromatic heterocycles. The summed E-state index contributed by atoms with van der Waals surface area (Å²) in [6.45, 7) is 1.90. The Morgan fingerprint density at radius 2 is 2.00 bits per heavy atom. The molecule has 1 N–H and O–H groups in total. The molecule has 0 bridgehead atoms. The molecule has 0 atom stereocenters. The van der Waals surface area contributed by atoms with Crippen LogP contribution in [0.2, 0.25) is 0 Å². The Labute approximate surface area is 149 Å². The van der Waals surface area contributed by atoms with Crippen LogP contribution in [0.15, 0.2) is 64.1 Å². The number of hydrogen-bond donors (Lipinski definition) is 1. The monoisotopic (exact) mass is 348 g/mol. The minimum Gasteiger partial charge on any atom is -0.460 e. The van der Waals surface area contributed by atoms with Gasteiger partial charge in [-0.2, -0.15) is 14.9 Å². The van der Waals surface area contributed by atoms with E-state index in [0.29, 0.717) is 17.0 Å². The number of rotatable bonds is 4. The average molecular weight is 348 g/mol. The predicted octanol–water partition coefficient (Wildman–Crippen LogP) is 4.47.